The number of nitrogens with one attached hydrogen (secondary N) is 1. The minimum atomic E-state index is -1.18. The molecule has 0 unspecified atom stereocenters. The molecule has 0 radical (unpaired) electrons. The average molecular weight is 465 g/mol. The molecule has 1 aliphatic rings. The van der Waals surface area contributed by atoms with E-state index in [0.717, 1.165) is 27.2 Å². The number of rotatable bonds is 9. The van der Waals surface area contributed by atoms with Crippen LogP contribution in [0.1, 0.15) is 27.5 Å². The largest absolute Gasteiger partial charge is 0.480 e. The molecule has 1 aliphatic carbocycles. The van der Waals surface area contributed by atoms with Crippen molar-refractivity contribution in [2.24, 2.45) is 0 Å². The number of hydrogen-bond donors (Lipinski definition) is 2. The Bertz CT molecular complexity index is 1160. The minimum absolute atomic E-state index is 0.0592. The Balaban J connectivity index is 1.38. The lowest BCUT2D eigenvalue weighted by atomic mass is 9.98. The summed E-state index contributed by atoms with van der Waals surface area (Å²) in [5.74, 6) is -2.04. The fourth-order valence-electron chi connectivity index (χ4n) is 3.95. The summed E-state index contributed by atoms with van der Waals surface area (Å²) in [6, 6.07) is 17.2. The van der Waals surface area contributed by atoms with E-state index in [4.69, 9.17) is 19.1 Å². The van der Waals surface area contributed by atoms with Crippen LogP contribution in [0.5, 0.6) is 0 Å². The van der Waals surface area contributed by atoms with Crippen molar-refractivity contribution in [3.63, 3.8) is 0 Å². The summed E-state index contributed by atoms with van der Waals surface area (Å²) in [6.45, 7) is -0.196. The molecular weight excluding hydrogens is 442 g/mol. The van der Waals surface area contributed by atoms with Gasteiger partial charge in [0.25, 0.3) is 5.91 Å². The summed E-state index contributed by atoms with van der Waals surface area (Å²) in [4.78, 5) is 37.0. The molecule has 10 heteroatoms. The van der Waals surface area contributed by atoms with Crippen LogP contribution in [-0.2, 0) is 14.3 Å². The second kappa shape index (κ2) is 10.2. The summed E-state index contributed by atoms with van der Waals surface area (Å²) in [5.41, 5.74) is 4.25. The van der Waals surface area contributed by atoms with Crippen LogP contribution in [0.4, 0.5) is 10.7 Å². The Morgan fingerprint density at radius 1 is 1.09 bits per heavy atom. The number of anilines is 1. The van der Waals surface area contributed by atoms with Gasteiger partial charge in [-0.1, -0.05) is 53.7 Å². The summed E-state index contributed by atoms with van der Waals surface area (Å²) >= 11 is 0. The molecule has 2 amide bonds. The Morgan fingerprint density at radius 2 is 1.74 bits per heavy atom. The van der Waals surface area contributed by atoms with Gasteiger partial charge in [-0.2, -0.15) is 0 Å². The van der Waals surface area contributed by atoms with E-state index in [-0.39, 0.29) is 37.3 Å². The molecule has 0 saturated heterocycles. The fourth-order valence-corrected chi connectivity index (χ4v) is 3.95. The van der Waals surface area contributed by atoms with E-state index in [9.17, 15) is 14.4 Å². The molecular formula is C24H23N3O7. The van der Waals surface area contributed by atoms with Crippen LogP contribution in [0, 0.1) is 0 Å². The van der Waals surface area contributed by atoms with Crippen LogP contribution in [-0.4, -0.2) is 66.5 Å². The van der Waals surface area contributed by atoms with Crippen molar-refractivity contribution < 1.29 is 33.5 Å². The first kappa shape index (κ1) is 23.0. The van der Waals surface area contributed by atoms with E-state index >= 15 is 0 Å². The van der Waals surface area contributed by atoms with E-state index in [2.05, 4.69) is 10.5 Å². The molecule has 1 aromatic heterocycles. The molecule has 176 valence electrons. The number of carboxylic acids is 1. The monoisotopic (exact) mass is 465 g/mol. The van der Waals surface area contributed by atoms with Crippen molar-refractivity contribution in [2.75, 3.05) is 38.7 Å². The van der Waals surface area contributed by atoms with Crippen molar-refractivity contribution in [1.29, 1.82) is 0 Å². The molecule has 0 aliphatic heterocycles. The highest BCUT2D eigenvalue weighted by atomic mass is 16.6. The van der Waals surface area contributed by atoms with Crippen molar-refractivity contribution in [3.05, 3.63) is 71.4 Å². The van der Waals surface area contributed by atoms with Gasteiger partial charge < -0.3 is 24.0 Å². The lowest BCUT2D eigenvalue weighted by Gasteiger charge is -2.18. The Morgan fingerprint density at radius 3 is 2.35 bits per heavy atom. The molecule has 4 rings (SSSR count). The molecule has 10 nitrogen and oxygen atoms in total. The number of methoxy groups -OCH3 is 1. The van der Waals surface area contributed by atoms with E-state index in [0.29, 0.717) is 0 Å². The first-order chi connectivity index (χ1) is 16.5. The summed E-state index contributed by atoms with van der Waals surface area (Å²) < 4.78 is 15.4. The molecule has 2 N–H and O–H groups in total. The summed E-state index contributed by atoms with van der Waals surface area (Å²) in [5, 5.41) is 15.1. The van der Waals surface area contributed by atoms with E-state index in [1.165, 1.54) is 13.2 Å². The summed E-state index contributed by atoms with van der Waals surface area (Å²) in [7, 11) is 1.44. The standard InChI is InChI=1S/C24H23N3O7/c1-32-11-10-27(13-22(28)29)23(30)20-12-21(34-26-20)25-24(31)33-14-19-17-8-4-2-6-15(17)16-7-3-5-9-18(16)19/h2-9,12,19H,10-11,13-14H2,1H3,(H,25,31)(H,28,29). The number of carbonyl (C=O) groups excluding carboxylic acids is 2. The van der Waals surface area contributed by atoms with Crippen LogP contribution < -0.4 is 5.32 Å². The normalized spacial score (nSPS) is 12.0. The lowest BCUT2D eigenvalue weighted by molar-refractivity contribution is -0.137. The van der Waals surface area contributed by atoms with Crippen LogP contribution >= 0.6 is 0 Å². The highest BCUT2D eigenvalue weighted by Gasteiger charge is 2.29. The van der Waals surface area contributed by atoms with E-state index in [1.807, 2.05) is 48.5 Å². The molecule has 0 saturated carbocycles. The topological polar surface area (TPSA) is 131 Å². The fraction of sp³-hybridized carbons (Fsp3) is 0.250. The van der Waals surface area contributed by atoms with E-state index in [1.54, 1.807) is 0 Å². The van der Waals surface area contributed by atoms with Gasteiger partial charge in [0.1, 0.15) is 13.2 Å². The third-order valence-electron chi connectivity index (χ3n) is 5.48. The van der Waals surface area contributed by atoms with Crippen LogP contribution in [0.2, 0.25) is 0 Å². The molecule has 0 fully saturated rings. The van der Waals surface area contributed by atoms with Gasteiger partial charge in [0.05, 0.1) is 6.61 Å². The highest BCUT2D eigenvalue weighted by molar-refractivity contribution is 5.95. The van der Waals surface area contributed by atoms with Gasteiger partial charge in [0, 0.05) is 25.6 Å². The summed E-state index contributed by atoms with van der Waals surface area (Å²) in [6.07, 6.45) is -0.765. The number of amides is 2. The second-order valence-electron chi connectivity index (χ2n) is 7.64. The van der Waals surface area contributed by atoms with Gasteiger partial charge in [0.2, 0.25) is 5.88 Å². The minimum Gasteiger partial charge on any atom is -0.480 e. The third kappa shape index (κ3) is 4.91. The maximum Gasteiger partial charge on any atom is 0.414 e. The molecule has 2 aromatic carbocycles. The van der Waals surface area contributed by atoms with Crippen LogP contribution in [0.25, 0.3) is 11.1 Å². The molecule has 1 heterocycles. The number of nitrogens with zero attached hydrogens (tertiary/aromatic N) is 2. The number of fused-ring (bicyclic) bond motifs is 3. The van der Waals surface area contributed by atoms with Crippen molar-refractivity contribution >= 4 is 23.9 Å². The maximum atomic E-state index is 12.6. The Labute approximate surface area is 195 Å². The third-order valence-corrected chi connectivity index (χ3v) is 5.48. The number of carboxylic acid groups (broad SMARTS) is 1. The molecule has 0 spiro atoms. The number of aromatic nitrogens is 1. The Kier molecular flexibility index (Phi) is 6.88. The molecule has 0 bridgehead atoms. The van der Waals surface area contributed by atoms with Gasteiger partial charge in [-0.05, 0) is 22.3 Å². The molecule has 0 atom stereocenters. The highest BCUT2D eigenvalue weighted by Crippen LogP contribution is 2.44. The van der Waals surface area contributed by atoms with Crippen molar-refractivity contribution in [1.82, 2.24) is 10.1 Å². The average Bonchev–Trinajstić information content (AvgIpc) is 3.42. The van der Waals surface area contributed by atoms with Crippen molar-refractivity contribution in [2.45, 2.75) is 5.92 Å². The zero-order valence-electron chi connectivity index (χ0n) is 18.4. The van der Waals surface area contributed by atoms with Crippen molar-refractivity contribution in [3.8, 4) is 11.1 Å². The van der Waals surface area contributed by atoms with Gasteiger partial charge in [-0.3, -0.25) is 14.9 Å². The predicted octanol–water partition coefficient (Wildman–Crippen LogP) is 3.21. The molecule has 34 heavy (non-hydrogen) atoms. The maximum absolute atomic E-state index is 12.6. The Hall–Kier alpha value is -4.18. The van der Waals surface area contributed by atoms with Gasteiger partial charge >= 0.3 is 12.1 Å². The first-order valence-electron chi connectivity index (χ1n) is 10.6. The SMILES string of the molecule is COCCN(CC(=O)O)C(=O)c1cc(NC(=O)OCC2c3ccccc3-c3ccccc32)on1. The number of ether oxygens (including phenoxy) is 2. The number of hydrogen-bond acceptors (Lipinski definition) is 7. The predicted molar refractivity (Wildman–Crippen MR) is 121 cm³/mol. The zero-order chi connectivity index (χ0) is 24.1. The second-order valence-corrected chi connectivity index (χ2v) is 7.64. The first-order valence-corrected chi connectivity index (χ1v) is 10.6. The van der Waals surface area contributed by atoms with Gasteiger partial charge in [-0.25, -0.2) is 4.79 Å². The molecule has 3 aromatic rings. The number of aliphatic carboxylic acids is 1. The van der Waals surface area contributed by atoms with Gasteiger partial charge in [0.15, 0.2) is 5.69 Å². The zero-order valence-corrected chi connectivity index (χ0v) is 18.4. The smallest absolute Gasteiger partial charge is 0.414 e. The van der Waals surface area contributed by atoms with Gasteiger partial charge in [-0.15, -0.1) is 0 Å². The van der Waals surface area contributed by atoms with E-state index < -0.39 is 24.5 Å². The quantitative estimate of drug-likeness (QED) is 0.493. The lowest BCUT2D eigenvalue weighted by Crippen LogP contribution is -2.38. The number of carbonyl (C=O) groups is 3. The van der Waals surface area contributed by atoms with Crippen LogP contribution in [0.3, 0.4) is 0 Å². The van der Waals surface area contributed by atoms with Crippen LogP contribution in [0.15, 0.2) is 59.1 Å². The number of benzene rings is 2.